The van der Waals surface area contributed by atoms with Crippen LogP contribution in [-0.4, -0.2) is 16.7 Å². The van der Waals surface area contributed by atoms with Crippen LogP contribution >= 0.6 is 12.2 Å². The zero-order valence-electron chi connectivity index (χ0n) is 7.50. The van der Waals surface area contributed by atoms with Crippen LogP contribution in [0.5, 0.6) is 0 Å². The van der Waals surface area contributed by atoms with Gasteiger partial charge in [-0.2, -0.15) is 0 Å². The molecule has 0 bridgehead atoms. The molecule has 1 aromatic heterocycles. The lowest BCUT2D eigenvalue weighted by molar-refractivity contribution is 0.862. The Hall–Kier alpha value is -1.36. The molecule has 0 atom stereocenters. The largest absolute Gasteiger partial charge is 0.366 e. The van der Waals surface area contributed by atoms with Gasteiger partial charge in [0, 0.05) is 26.4 Å². The van der Waals surface area contributed by atoms with Crippen molar-refractivity contribution in [1.82, 2.24) is 9.88 Å². The molecule has 1 aromatic rings. The zero-order valence-corrected chi connectivity index (χ0v) is 8.31. The monoisotopic (exact) mass is 197 g/mol. The SMILES string of the molecule is CNC(=S)Nc1ccc(=O)n(C)c1. The number of anilines is 1. The maximum atomic E-state index is 11.0. The van der Waals surface area contributed by atoms with E-state index in [0.29, 0.717) is 5.11 Å². The highest BCUT2D eigenvalue weighted by Gasteiger charge is 1.95. The molecule has 2 N–H and O–H groups in total. The maximum Gasteiger partial charge on any atom is 0.250 e. The molecule has 1 heterocycles. The van der Waals surface area contributed by atoms with Crippen molar-refractivity contribution in [3.8, 4) is 0 Å². The molecule has 1 rings (SSSR count). The minimum absolute atomic E-state index is 0.0408. The van der Waals surface area contributed by atoms with E-state index in [2.05, 4.69) is 10.6 Å². The highest BCUT2D eigenvalue weighted by Crippen LogP contribution is 2.01. The summed E-state index contributed by atoms with van der Waals surface area (Å²) in [5, 5.41) is 6.23. The number of nitrogens with one attached hydrogen (secondary N) is 2. The van der Waals surface area contributed by atoms with Gasteiger partial charge in [-0.3, -0.25) is 4.79 Å². The number of rotatable bonds is 1. The molecule has 0 spiro atoms. The number of nitrogens with zero attached hydrogens (tertiary/aromatic N) is 1. The standard InChI is InChI=1S/C8H11N3OS/c1-9-8(13)10-6-3-4-7(12)11(2)5-6/h3-5H,1-2H3,(H2,9,10,13). The molecule has 0 fully saturated rings. The Labute approximate surface area is 81.6 Å². The van der Waals surface area contributed by atoms with Crippen LogP contribution < -0.4 is 16.2 Å². The third kappa shape index (κ3) is 2.55. The lowest BCUT2D eigenvalue weighted by Gasteiger charge is -2.07. The van der Waals surface area contributed by atoms with E-state index in [1.54, 1.807) is 26.4 Å². The van der Waals surface area contributed by atoms with Gasteiger partial charge in [0.25, 0.3) is 0 Å². The third-order valence-corrected chi connectivity index (χ3v) is 1.88. The summed E-state index contributed by atoms with van der Waals surface area (Å²) in [4.78, 5) is 11.0. The quantitative estimate of drug-likeness (QED) is 0.636. The minimum atomic E-state index is -0.0408. The first-order valence-electron chi connectivity index (χ1n) is 3.79. The molecule has 13 heavy (non-hydrogen) atoms. The fourth-order valence-corrected chi connectivity index (χ4v) is 0.979. The Morgan fingerprint density at radius 1 is 1.54 bits per heavy atom. The van der Waals surface area contributed by atoms with Gasteiger partial charge in [0.05, 0.1) is 5.69 Å². The van der Waals surface area contributed by atoms with Crippen molar-refractivity contribution in [2.24, 2.45) is 7.05 Å². The molecule has 0 aliphatic carbocycles. The second-order valence-corrected chi connectivity index (χ2v) is 2.98. The first kappa shape index (κ1) is 9.73. The van der Waals surface area contributed by atoms with Crippen LogP contribution in [-0.2, 0) is 7.05 Å². The summed E-state index contributed by atoms with van der Waals surface area (Å²) in [6, 6.07) is 3.17. The zero-order chi connectivity index (χ0) is 9.84. The first-order chi connectivity index (χ1) is 6.13. The van der Waals surface area contributed by atoms with E-state index in [1.165, 1.54) is 10.6 Å². The van der Waals surface area contributed by atoms with Crippen LogP contribution in [0.15, 0.2) is 23.1 Å². The molecule has 70 valence electrons. The predicted octanol–water partition coefficient (Wildman–Crippen LogP) is 0.301. The van der Waals surface area contributed by atoms with Crippen LogP contribution in [0, 0.1) is 0 Å². The Morgan fingerprint density at radius 3 is 2.77 bits per heavy atom. The number of thiocarbonyl (C=S) groups is 1. The average molecular weight is 197 g/mol. The number of aromatic nitrogens is 1. The van der Waals surface area contributed by atoms with E-state index in [0.717, 1.165) is 5.69 Å². The van der Waals surface area contributed by atoms with E-state index >= 15 is 0 Å². The summed E-state index contributed by atoms with van der Waals surface area (Å²) < 4.78 is 1.49. The van der Waals surface area contributed by atoms with Crippen molar-refractivity contribution in [1.29, 1.82) is 0 Å². The lowest BCUT2D eigenvalue weighted by atomic mass is 10.4. The fraction of sp³-hybridized carbons (Fsp3) is 0.250. The second-order valence-electron chi connectivity index (χ2n) is 2.57. The normalized spacial score (nSPS) is 9.38. The molecular formula is C8H11N3OS. The van der Waals surface area contributed by atoms with Gasteiger partial charge in [0.2, 0.25) is 5.56 Å². The third-order valence-electron chi connectivity index (χ3n) is 1.57. The van der Waals surface area contributed by atoms with Gasteiger partial charge >= 0.3 is 0 Å². The smallest absolute Gasteiger partial charge is 0.250 e. The van der Waals surface area contributed by atoms with Crippen molar-refractivity contribution in [3.05, 3.63) is 28.7 Å². The number of hydrogen-bond acceptors (Lipinski definition) is 2. The van der Waals surface area contributed by atoms with Gasteiger partial charge in [0.15, 0.2) is 5.11 Å². The molecular weight excluding hydrogens is 186 g/mol. The molecule has 0 unspecified atom stereocenters. The molecule has 0 aliphatic rings. The van der Waals surface area contributed by atoms with Gasteiger partial charge in [-0.15, -0.1) is 0 Å². The van der Waals surface area contributed by atoms with Gasteiger partial charge in [0.1, 0.15) is 0 Å². The van der Waals surface area contributed by atoms with Crippen LogP contribution in [0.3, 0.4) is 0 Å². The Morgan fingerprint density at radius 2 is 2.23 bits per heavy atom. The Balaban J connectivity index is 2.86. The number of pyridine rings is 1. The molecule has 0 amide bonds. The Kier molecular flexibility index (Phi) is 3.02. The summed E-state index contributed by atoms with van der Waals surface area (Å²) in [7, 11) is 3.42. The van der Waals surface area contributed by atoms with Crippen molar-refractivity contribution >= 4 is 23.0 Å². The summed E-state index contributed by atoms with van der Waals surface area (Å²) in [6.07, 6.45) is 1.69. The summed E-state index contributed by atoms with van der Waals surface area (Å²) in [5.41, 5.74) is 0.752. The Bertz CT molecular complexity index is 372. The van der Waals surface area contributed by atoms with E-state index in [4.69, 9.17) is 12.2 Å². The van der Waals surface area contributed by atoms with Gasteiger partial charge in [-0.25, -0.2) is 0 Å². The summed E-state index contributed by atoms with van der Waals surface area (Å²) in [5.74, 6) is 0. The highest BCUT2D eigenvalue weighted by atomic mass is 32.1. The van der Waals surface area contributed by atoms with E-state index in [9.17, 15) is 4.79 Å². The fourth-order valence-electron chi connectivity index (χ4n) is 0.861. The predicted molar refractivity (Wildman–Crippen MR) is 57.0 cm³/mol. The van der Waals surface area contributed by atoms with Crippen molar-refractivity contribution in [2.45, 2.75) is 0 Å². The van der Waals surface area contributed by atoms with E-state index in [1.807, 2.05) is 0 Å². The number of aryl methyl sites for hydroxylation is 1. The second kappa shape index (κ2) is 4.04. The molecule has 0 radical (unpaired) electrons. The molecule has 0 saturated heterocycles. The van der Waals surface area contributed by atoms with Crippen molar-refractivity contribution in [2.75, 3.05) is 12.4 Å². The number of hydrogen-bond donors (Lipinski definition) is 2. The van der Waals surface area contributed by atoms with Crippen LogP contribution in [0.1, 0.15) is 0 Å². The van der Waals surface area contributed by atoms with Gasteiger partial charge in [-0.1, -0.05) is 0 Å². The lowest BCUT2D eigenvalue weighted by Crippen LogP contribution is -2.25. The van der Waals surface area contributed by atoms with Crippen molar-refractivity contribution in [3.63, 3.8) is 0 Å². The molecule has 0 aliphatic heterocycles. The summed E-state index contributed by atoms with van der Waals surface area (Å²) >= 11 is 4.90. The highest BCUT2D eigenvalue weighted by molar-refractivity contribution is 7.80. The molecule has 5 heteroatoms. The average Bonchev–Trinajstić information content (AvgIpc) is 2.11. The van der Waals surface area contributed by atoms with Gasteiger partial charge < -0.3 is 15.2 Å². The van der Waals surface area contributed by atoms with E-state index in [-0.39, 0.29) is 5.56 Å². The van der Waals surface area contributed by atoms with Crippen LogP contribution in [0.4, 0.5) is 5.69 Å². The van der Waals surface area contributed by atoms with E-state index < -0.39 is 0 Å². The molecule has 4 nitrogen and oxygen atoms in total. The summed E-state index contributed by atoms with van der Waals surface area (Å²) in [6.45, 7) is 0. The molecule has 0 saturated carbocycles. The minimum Gasteiger partial charge on any atom is -0.366 e. The van der Waals surface area contributed by atoms with Crippen molar-refractivity contribution < 1.29 is 0 Å². The topological polar surface area (TPSA) is 46.1 Å². The van der Waals surface area contributed by atoms with Crippen LogP contribution in [0.25, 0.3) is 0 Å². The van der Waals surface area contributed by atoms with Gasteiger partial charge in [-0.05, 0) is 18.3 Å². The molecule has 0 aromatic carbocycles. The first-order valence-corrected chi connectivity index (χ1v) is 4.19. The maximum absolute atomic E-state index is 11.0. The van der Waals surface area contributed by atoms with Crippen LogP contribution in [0.2, 0.25) is 0 Å².